The highest BCUT2D eigenvalue weighted by Crippen LogP contribution is 2.31. The van der Waals surface area contributed by atoms with Gasteiger partial charge in [0.1, 0.15) is 0 Å². The molecule has 3 rings (SSSR count). The summed E-state index contributed by atoms with van der Waals surface area (Å²) in [6.45, 7) is 4.11. The monoisotopic (exact) mass is 311 g/mol. The minimum Gasteiger partial charge on any atom is -0.325 e. The lowest BCUT2D eigenvalue weighted by Crippen LogP contribution is -2.34. The molecule has 0 spiro atoms. The number of nitrogens with one attached hydrogen (secondary N) is 1. The molecule has 1 N–H and O–H groups in total. The van der Waals surface area contributed by atoms with Gasteiger partial charge >= 0.3 is 0 Å². The third-order valence-electron chi connectivity index (χ3n) is 3.74. The minimum atomic E-state index is -0.463. The van der Waals surface area contributed by atoms with Crippen molar-refractivity contribution in [2.75, 3.05) is 0 Å². The Morgan fingerprint density at radius 1 is 1.39 bits per heavy atom. The zero-order valence-corrected chi connectivity index (χ0v) is 13.1. The molecular formula is C16H17N5O2. The first-order chi connectivity index (χ1) is 10.9. The van der Waals surface area contributed by atoms with Crippen molar-refractivity contribution in [1.29, 1.82) is 0 Å². The fourth-order valence-corrected chi connectivity index (χ4v) is 2.63. The highest BCUT2D eigenvalue weighted by molar-refractivity contribution is 6.13. The summed E-state index contributed by atoms with van der Waals surface area (Å²) in [6.07, 6.45) is 8.62. The number of aromatic nitrogens is 3. The van der Waals surface area contributed by atoms with E-state index in [1.807, 2.05) is 6.08 Å². The maximum absolute atomic E-state index is 12.1. The highest BCUT2D eigenvalue weighted by atomic mass is 16.2. The summed E-state index contributed by atoms with van der Waals surface area (Å²) in [7, 11) is 1.68. The van der Waals surface area contributed by atoms with Gasteiger partial charge in [0.25, 0.3) is 5.91 Å². The first-order valence-electron chi connectivity index (χ1n) is 7.35. The van der Waals surface area contributed by atoms with Gasteiger partial charge in [-0.25, -0.2) is 4.99 Å². The molecule has 1 aliphatic heterocycles. The van der Waals surface area contributed by atoms with E-state index in [4.69, 9.17) is 0 Å². The second-order valence-corrected chi connectivity index (χ2v) is 5.84. The number of aliphatic imine (C=N–C) groups is 1. The van der Waals surface area contributed by atoms with Crippen LogP contribution in [0.25, 0.3) is 0 Å². The third kappa shape index (κ3) is 3.03. The summed E-state index contributed by atoms with van der Waals surface area (Å²) in [4.78, 5) is 27.9. The average Bonchev–Trinajstić information content (AvgIpc) is 2.92. The van der Waals surface area contributed by atoms with E-state index in [-0.39, 0.29) is 23.4 Å². The molecule has 0 fully saturated rings. The molecule has 7 nitrogen and oxygen atoms in total. The molecule has 2 aliphatic rings. The van der Waals surface area contributed by atoms with Crippen LogP contribution in [0, 0.1) is 11.8 Å². The Balaban J connectivity index is 1.88. The molecule has 1 aromatic heterocycles. The summed E-state index contributed by atoms with van der Waals surface area (Å²) in [6, 6.07) is 0. The number of carbonyl (C=O) groups excluding carboxylic acids is 2. The topological polar surface area (TPSA) is 89.2 Å². The van der Waals surface area contributed by atoms with Crippen LogP contribution in [0.2, 0.25) is 0 Å². The van der Waals surface area contributed by atoms with E-state index in [1.165, 1.54) is 10.9 Å². The van der Waals surface area contributed by atoms with Gasteiger partial charge in [-0.1, -0.05) is 25.1 Å². The van der Waals surface area contributed by atoms with Crippen molar-refractivity contribution in [3.8, 4) is 0 Å². The van der Waals surface area contributed by atoms with E-state index in [2.05, 4.69) is 34.5 Å². The van der Waals surface area contributed by atoms with Gasteiger partial charge in [-0.3, -0.25) is 14.3 Å². The van der Waals surface area contributed by atoms with Crippen LogP contribution in [-0.2, 0) is 11.8 Å². The number of rotatable bonds is 2. The number of allylic oxidation sites excluding steroid dienone is 3. The Kier molecular flexibility index (Phi) is 3.77. The zero-order valence-electron chi connectivity index (χ0n) is 13.1. The fourth-order valence-electron chi connectivity index (χ4n) is 2.63. The van der Waals surface area contributed by atoms with E-state index in [0.717, 1.165) is 11.3 Å². The van der Waals surface area contributed by atoms with Crippen molar-refractivity contribution >= 4 is 17.5 Å². The van der Waals surface area contributed by atoms with Crippen LogP contribution >= 0.6 is 0 Å². The molecule has 1 aromatic rings. The number of hydrogen-bond donors (Lipinski definition) is 1. The molecule has 1 unspecified atom stereocenters. The molecule has 0 bridgehead atoms. The summed E-state index contributed by atoms with van der Waals surface area (Å²) in [5.74, 6) is -0.321. The van der Waals surface area contributed by atoms with Gasteiger partial charge in [-0.2, -0.15) is 0 Å². The molecule has 23 heavy (non-hydrogen) atoms. The van der Waals surface area contributed by atoms with Gasteiger partial charge in [-0.05, 0) is 23.6 Å². The molecule has 118 valence electrons. The van der Waals surface area contributed by atoms with Crippen molar-refractivity contribution in [3.63, 3.8) is 0 Å². The van der Waals surface area contributed by atoms with Crippen LogP contribution < -0.4 is 5.32 Å². The first-order valence-corrected chi connectivity index (χ1v) is 7.35. The summed E-state index contributed by atoms with van der Waals surface area (Å²) < 4.78 is 1.44. The van der Waals surface area contributed by atoms with E-state index >= 15 is 0 Å². The lowest BCUT2D eigenvalue weighted by Gasteiger charge is -2.29. The van der Waals surface area contributed by atoms with Crippen LogP contribution in [0.15, 0.2) is 46.8 Å². The molecule has 2 heterocycles. The van der Waals surface area contributed by atoms with E-state index < -0.39 is 5.91 Å². The second kappa shape index (κ2) is 5.75. The Hall–Kier alpha value is -2.83. The summed E-state index contributed by atoms with van der Waals surface area (Å²) >= 11 is 0. The van der Waals surface area contributed by atoms with Crippen LogP contribution in [0.3, 0.4) is 0 Å². The van der Waals surface area contributed by atoms with Crippen LogP contribution in [-0.4, -0.2) is 32.5 Å². The number of hydrogen-bond acceptors (Lipinski definition) is 4. The SMILES string of the molecule is CC(C)C1=CC(=O)NC2=CC(=NC(=O)c3cn(C)nn3)C=CC21. The molecular weight excluding hydrogens is 294 g/mol. The van der Waals surface area contributed by atoms with Crippen LogP contribution in [0.4, 0.5) is 0 Å². The molecule has 0 saturated heterocycles. The lowest BCUT2D eigenvalue weighted by atomic mass is 9.82. The average molecular weight is 311 g/mol. The fraction of sp³-hybridized carbons (Fsp3) is 0.312. The number of amides is 2. The maximum Gasteiger partial charge on any atom is 0.299 e. The summed E-state index contributed by atoms with van der Waals surface area (Å²) in [5, 5.41) is 10.3. The first kappa shape index (κ1) is 15.1. The van der Waals surface area contributed by atoms with Gasteiger partial charge < -0.3 is 5.32 Å². The Morgan fingerprint density at radius 2 is 2.17 bits per heavy atom. The molecule has 0 saturated carbocycles. The number of fused-ring (bicyclic) bond motifs is 1. The number of carbonyl (C=O) groups is 2. The van der Waals surface area contributed by atoms with Crippen LogP contribution in [0.1, 0.15) is 24.3 Å². The predicted octanol–water partition coefficient (Wildman–Crippen LogP) is 1.18. The number of nitrogens with zero attached hydrogens (tertiary/aromatic N) is 4. The van der Waals surface area contributed by atoms with Gasteiger partial charge in [0.15, 0.2) is 5.69 Å². The quantitative estimate of drug-likeness (QED) is 0.888. The smallest absolute Gasteiger partial charge is 0.299 e. The minimum absolute atomic E-state index is 0.0262. The number of aryl methyl sites for hydroxylation is 1. The molecule has 1 aliphatic carbocycles. The van der Waals surface area contributed by atoms with Crippen molar-refractivity contribution in [1.82, 2.24) is 20.3 Å². The Bertz CT molecular complexity index is 795. The van der Waals surface area contributed by atoms with E-state index in [0.29, 0.717) is 5.71 Å². The zero-order chi connectivity index (χ0) is 16.6. The van der Waals surface area contributed by atoms with Crippen molar-refractivity contribution in [2.24, 2.45) is 23.9 Å². The van der Waals surface area contributed by atoms with Crippen molar-refractivity contribution in [3.05, 3.63) is 47.5 Å². The van der Waals surface area contributed by atoms with Gasteiger partial charge in [-0.15, -0.1) is 5.10 Å². The molecule has 0 aromatic carbocycles. The molecule has 1 atom stereocenters. The van der Waals surface area contributed by atoms with Crippen molar-refractivity contribution < 1.29 is 9.59 Å². The normalized spacial score (nSPS) is 21.8. The van der Waals surface area contributed by atoms with E-state index in [9.17, 15) is 9.59 Å². The lowest BCUT2D eigenvalue weighted by molar-refractivity contribution is -0.116. The molecule has 7 heteroatoms. The standard InChI is InChI=1S/C16H17N5O2/c1-9(2)12-7-15(22)18-13-6-10(4-5-11(12)13)17-16(23)14-8-21(3)20-19-14/h4-9,11H,1-3H3,(H,18,22). The Morgan fingerprint density at radius 3 is 2.83 bits per heavy atom. The second-order valence-electron chi connectivity index (χ2n) is 5.84. The largest absolute Gasteiger partial charge is 0.325 e. The highest BCUT2D eigenvalue weighted by Gasteiger charge is 2.28. The van der Waals surface area contributed by atoms with Crippen LogP contribution in [0.5, 0.6) is 0 Å². The third-order valence-corrected chi connectivity index (χ3v) is 3.74. The van der Waals surface area contributed by atoms with E-state index in [1.54, 1.807) is 25.3 Å². The summed E-state index contributed by atoms with van der Waals surface area (Å²) in [5.41, 5.74) is 2.46. The van der Waals surface area contributed by atoms with Gasteiger partial charge in [0, 0.05) is 24.7 Å². The van der Waals surface area contributed by atoms with Gasteiger partial charge in [0.2, 0.25) is 5.91 Å². The Labute approximate surface area is 133 Å². The predicted molar refractivity (Wildman–Crippen MR) is 84.5 cm³/mol. The molecule has 0 radical (unpaired) electrons. The maximum atomic E-state index is 12.1. The molecule has 2 amide bonds. The van der Waals surface area contributed by atoms with Crippen molar-refractivity contribution in [2.45, 2.75) is 13.8 Å². The van der Waals surface area contributed by atoms with Gasteiger partial charge in [0.05, 0.1) is 11.9 Å².